The summed E-state index contributed by atoms with van der Waals surface area (Å²) in [5.74, 6) is -2.45. The SMILES string of the molecule is COc1cc(/C=C2/C(=O)NC(=O)N(c3ccccc3)C2=O)cc(Br)c1OCC(=O)Nc1ccccc1F. The van der Waals surface area contributed by atoms with Gasteiger partial charge in [-0.3, -0.25) is 19.7 Å². The van der Waals surface area contributed by atoms with E-state index in [-0.39, 0.29) is 22.8 Å². The molecule has 0 aliphatic carbocycles. The molecule has 1 saturated heterocycles. The maximum absolute atomic E-state index is 13.8. The number of hydrogen-bond donors (Lipinski definition) is 2. The maximum atomic E-state index is 13.8. The molecule has 0 saturated carbocycles. The number of anilines is 2. The van der Waals surface area contributed by atoms with Crippen molar-refractivity contribution >= 4 is 57.1 Å². The summed E-state index contributed by atoms with van der Waals surface area (Å²) in [4.78, 5) is 50.9. The summed E-state index contributed by atoms with van der Waals surface area (Å²) in [7, 11) is 1.37. The molecule has 0 radical (unpaired) electrons. The van der Waals surface area contributed by atoms with E-state index in [0.717, 1.165) is 4.90 Å². The number of nitrogens with one attached hydrogen (secondary N) is 2. The van der Waals surface area contributed by atoms with Gasteiger partial charge in [0.2, 0.25) is 0 Å². The van der Waals surface area contributed by atoms with Crippen LogP contribution in [0.3, 0.4) is 0 Å². The van der Waals surface area contributed by atoms with E-state index in [1.807, 2.05) is 0 Å². The topological polar surface area (TPSA) is 114 Å². The number of hydrogen-bond acceptors (Lipinski definition) is 6. The number of nitrogens with zero attached hydrogens (tertiary/aromatic N) is 1. The smallest absolute Gasteiger partial charge is 0.335 e. The predicted molar refractivity (Wildman–Crippen MR) is 137 cm³/mol. The van der Waals surface area contributed by atoms with Crippen LogP contribution in [0.1, 0.15) is 5.56 Å². The van der Waals surface area contributed by atoms with Crippen molar-refractivity contribution in [1.82, 2.24) is 5.32 Å². The number of urea groups is 1. The van der Waals surface area contributed by atoms with Gasteiger partial charge in [0.05, 0.1) is 23.0 Å². The molecular weight excluding hydrogens is 549 g/mol. The molecule has 3 aromatic rings. The summed E-state index contributed by atoms with van der Waals surface area (Å²) >= 11 is 3.34. The van der Waals surface area contributed by atoms with Gasteiger partial charge in [0.15, 0.2) is 18.1 Å². The van der Waals surface area contributed by atoms with Crippen LogP contribution in [0, 0.1) is 5.82 Å². The van der Waals surface area contributed by atoms with E-state index in [2.05, 4.69) is 26.6 Å². The first-order valence-corrected chi connectivity index (χ1v) is 11.6. The zero-order valence-electron chi connectivity index (χ0n) is 19.3. The van der Waals surface area contributed by atoms with Gasteiger partial charge in [-0.2, -0.15) is 0 Å². The Morgan fingerprint density at radius 1 is 1.08 bits per heavy atom. The van der Waals surface area contributed by atoms with E-state index in [0.29, 0.717) is 15.7 Å². The average Bonchev–Trinajstić information content (AvgIpc) is 2.87. The molecule has 0 bridgehead atoms. The summed E-state index contributed by atoms with van der Waals surface area (Å²) < 4.78 is 25.1. The third kappa shape index (κ3) is 5.67. The first-order chi connectivity index (χ1) is 17.8. The number of benzene rings is 3. The van der Waals surface area contributed by atoms with Crippen LogP contribution in [0.4, 0.5) is 20.6 Å². The van der Waals surface area contributed by atoms with Crippen molar-refractivity contribution in [2.24, 2.45) is 0 Å². The lowest BCUT2D eigenvalue weighted by molar-refractivity contribution is -0.122. The van der Waals surface area contributed by atoms with E-state index < -0.39 is 36.2 Å². The normalized spacial score (nSPS) is 14.4. The fourth-order valence-corrected chi connectivity index (χ4v) is 4.06. The van der Waals surface area contributed by atoms with Crippen molar-refractivity contribution in [2.45, 2.75) is 0 Å². The second-order valence-electron chi connectivity index (χ2n) is 7.64. The Hall–Kier alpha value is -4.51. The quantitative estimate of drug-likeness (QED) is 0.325. The third-order valence-corrected chi connectivity index (χ3v) is 5.76. The van der Waals surface area contributed by atoms with Gasteiger partial charge in [-0.05, 0) is 64.0 Å². The van der Waals surface area contributed by atoms with E-state index in [9.17, 15) is 23.6 Å². The number of halogens is 2. The minimum absolute atomic E-state index is 0.0163. The molecule has 0 atom stereocenters. The van der Waals surface area contributed by atoms with Crippen LogP contribution in [-0.2, 0) is 14.4 Å². The van der Waals surface area contributed by atoms with Crippen LogP contribution in [0.2, 0.25) is 0 Å². The van der Waals surface area contributed by atoms with Crippen LogP contribution in [-0.4, -0.2) is 37.5 Å². The highest BCUT2D eigenvalue weighted by Crippen LogP contribution is 2.37. The molecule has 188 valence electrons. The number of para-hydroxylation sites is 2. The molecule has 3 aromatic carbocycles. The lowest BCUT2D eigenvalue weighted by atomic mass is 10.1. The van der Waals surface area contributed by atoms with Crippen LogP contribution in [0.25, 0.3) is 6.08 Å². The molecule has 37 heavy (non-hydrogen) atoms. The van der Waals surface area contributed by atoms with Crippen LogP contribution in [0.15, 0.2) is 76.8 Å². The molecule has 1 fully saturated rings. The van der Waals surface area contributed by atoms with Gasteiger partial charge in [-0.1, -0.05) is 30.3 Å². The molecule has 1 aliphatic heterocycles. The Kier molecular flexibility index (Phi) is 7.63. The number of carbonyl (C=O) groups is 4. The first kappa shape index (κ1) is 25.6. The minimum Gasteiger partial charge on any atom is -0.493 e. The van der Waals surface area contributed by atoms with Gasteiger partial charge in [0, 0.05) is 0 Å². The van der Waals surface area contributed by atoms with E-state index in [1.54, 1.807) is 42.5 Å². The van der Waals surface area contributed by atoms with Gasteiger partial charge in [-0.25, -0.2) is 14.1 Å². The molecule has 1 aliphatic rings. The fourth-order valence-electron chi connectivity index (χ4n) is 3.49. The summed E-state index contributed by atoms with van der Waals surface area (Å²) in [5.41, 5.74) is 0.435. The van der Waals surface area contributed by atoms with Crippen molar-refractivity contribution < 1.29 is 33.0 Å². The van der Waals surface area contributed by atoms with Crippen LogP contribution in [0.5, 0.6) is 11.5 Å². The van der Waals surface area contributed by atoms with Crippen molar-refractivity contribution in [2.75, 3.05) is 23.9 Å². The third-order valence-electron chi connectivity index (χ3n) is 5.17. The van der Waals surface area contributed by atoms with Crippen molar-refractivity contribution in [1.29, 1.82) is 0 Å². The summed E-state index contributed by atoms with van der Waals surface area (Å²) in [6, 6.07) is 16.1. The minimum atomic E-state index is -0.852. The van der Waals surface area contributed by atoms with E-state index in [4.69, 9.17) is 9.47 Å². The van der Waals surface area contributed by atoms with E-state index in [1.165, 1.54) is 37.5 Å². The Bertz CT molecular complexity index is 1430. The van der Waals surface area contributed by atoms with Gasteiger partial charge in [0.1, 0.15) is 11.4 Å². The zero-order chi connectivity index (χ0) is 26.5. The van der Waals surface area contributed by atoms with Crippen LogP contribution >= 0.6 is 15.9 Å². The standard InChI is InChI=1S/C26H19BrFN3O6/c1-36-21-13-15(11-17-24(33)30-26(35)31(25(17)34)16-7-3-2-4-8-16)12-18(27)23(21)37-14-22(32)29-20-10-6-5-9-19(20)28/h2-13H,14H2,1H3,(H,29,32)(H,30,33,35)/b17-11-. The number of ether oxygens (including phenoxy) is 2. The van der Waals surface area contributed by atoms with Gasteiger partial charge in [0.25, 0.3) is 17.7 Å². The first-order valence-electron chi connectivity index (χ1n) is 10.8. The maximum Gasteiger partial charge on any atom is 0.335 e. The number of carbonyl (C=O) groups excluding carboxylic acids is 4. The van der Waals surface area contributed by atoms with Crippen LogP contribution < -0.4 is 25.0 Å². The molecular formula is C26H19BrFN3O6. The zero-order valence-corrected chi connectivity index (χ0v) is 20.9. The Morgan fingerprint density at radius 2 is 1.78 bits per heavy atom. The van der Waals surface area contributed by atoms with E-state index >= 15 is 0 Å². The predicted octanol–water partition coefficient (Wildman–Crippen LogP) is 4.28. The van der Waals surface area contributed by atoms with Gasteiger partial charge in [-0.15, -0.1) is 0 Å². The largest absolute Gasteiger partial charge is 0.493 e. The highest BCUT2D eigenvalue weighted by Gasteiger charge is 2.36. The summed E-state index contributed by atoms with van der Waals surface area (Å²) in [6.45, 7) is -0.446. The van der Waals surface area contributed by atoms with Crippen molar-refractivity contribution in [3.63, 3.8) is 0 Å². The van der Waals surface area contributed by atoms with Gasteiger partial charge >= 0.3 is 6.03 Å². The number of amides is 5. The monoisotopic (exact) mass is 567 g/mol. The molecule has 2 N–H and O–H groups in total. The highest BCUT2D eigenvalue weighted by molar-refractivity contribution is 9.10. The molecule has 0 unspecified atom stereocenters. The molecule has 4 rings (SSSR count). The Morgan fingerprint density at radius 3 is 2.49 bits per heavy atom. The lowest BCUT2D eigenvalue weighted by Gasteiger charge is -2.26. The second-order valence-corrected chi connectivity index (χ2v) is 8.50. The highest BCUT2D eigenvalue weighted by atomic mass is 79.9. The van der Waals surface area contributed by atoms with Crippen molar-refractivity contribution in [3.8, 4) is 11.5 Å². The fraction of sp³-hybridized carbons (Fsp3) is 0.0769. The molecule has 0 spiro atoms. The Labute approximate surface area is 219 Å². The molecule has 1 heterocycles. The number of barbiturate groups is 1. The molecule has 9 nitrogen and oxygen atoms in total. The molecule has 5 amide bonds. The number of rotatable bonds is 7. The lowest BCUT2D eigenvalue weighted by Crippen LogP contribution is -2.54. The Balaban J connectivity index is 1.56. The molecule has 0 aromatic heterocycles. The number of imide groups is 2. The summed E-state index contributed by atoms with van der Waals surface area (Å²) in [5, 5.41) is 4.58. The second kappa shape index (κ2) is 11.0. The summed E-state index contributed by atoms with van der Waals surface area (Å²) in [6.07, 6.45) is 1.31. The average molecular weight is 568 g/mol. The number of methoxy groups -OCH3 is 1. The van der Waals surface area contributed by atoms with Crippen molar-refractivity contribution in [3.05, 3.63) is 88.2 Å². The molecule has 11 heteroatoms. The van der Waals surface area contributed by atoms with Gasteiger partial charge < -0.3 is 14.8 Å².